The zero-order chi connectivity index (χ0) is 19.8. The SMILES string of the molecule is O.O.O=C(O)CC(O)(CC(=O)O)C(=O)O.O=C(O)c1ccc(C(=O)O)cc1.[H-].[H-].[H-].[H-].[Na+].[Na+].[Na+].[Na+]. The molecule has 31 heavy (non-hydrogen) atoms. The van der Waals surface area contributed by atoms with Crippen molar-refractivity contribution in [1.82, 2.24) is 0 Å². The normalized spacial score (nSPS) is 8.16. The van der Waals surface area contributed by atoms with Gasteiger partial charge >= 0.3 is 148 Å². The Morgan fingerprint density at radius 3 is 1.00 bits per heavy atom. The van der Waals surface area contributed by atoms with Crippen molar-refractivity contribution in [2.24, 2.45) is 0 Å². The van der Waals surface area contributed by atoms with Crippen LogP contribution in [0.15, 0.2) is 24.3 Å². The van der Waals surface area contributed by atoms with Crippen molar-refractivity contribution >= 4 is 29.8 Å². The van der Waals surface area contributed by atoms with Crippen molar-refractivity contribution in [2.75, 3.05) is 0 Å². The first-order chi connectivity index (χ1) is 11.4. The van der Waals surface area contributed by atoms with Gasteiger partial charge in [0.1, 0.15) is 0 Å². The summed E-state index contributed by atoms with van der Waals surface area (Å²) in [5, 5.41) is 50.7. The monoisotopic (exact) mass is 490 g/mol. The van der Waals surface area contributed by atoms with Crippen LogP contribution in [0.3, 0.4) is 0 Å². The Balaban J connectivity index is -0.0000000285. The van der Waals surface area contributed by atoms with Crippen molar-refractivity contribution < 1.29 is 189 Å². The molecule has 17 heteroatoms. The molecule has 1 aromatic rings. The van der Waals surface area contributed by atoms with E-state index in [2.05, 4.69) is 0 Å². The number of hydrogen-bond donors (Lipinski definition) is 6. The predicted octanol–water partition coefficient (Wildman–Crippen LogP) is -13.3. The molecule has 0 aliphatic heterocycles. The smallest absolute Gasteiger partial charge is 1.00 e. The Morgan fingerprint density at radius 2 is 0.871 bits per heavy atom. The van der Waals surface area contributed by atoms with E-state index in [1.807, 2.05) is 0 Å². The molecule has 0 spiro atoms. The third kappa shape index (κ3) is 20.8. The van der Waals surface area contributed by atoms with Crippen LogP contribution in [0.5, 0.6) is 0 Å². The number of carboxylic acids is 5. The van der Waals surface area contributed by atoms with Gasteiger partial charge in [0.2, 0.25) is 0 Å². The Morgan fingerprint density at radius 1 is 0.645 bits per heavy atom. The van der Waals surface area contributed by atoms with Gasteiger partial charge in [-0.3, -0.25) is 9.59 Å². The predicted molar refractivity (Wildman–Crippen MR) is 89.1 cm³/mol. The first-order valence-electron chi connectivity index (χ1n) is 6.35. The standard InChI is InChI=1S/C8H6O4.C6H8O7.4Na.2H2O.4H/c9-7(10)5-1-2-6(4-3-5)8(11)12;7-3(8)1-6(13,5(11)12)2-4(9)10;;;;;;;;;;/h1-4H,(H,9,10)(H,11,12);13H,1-2H2,(H,7,8)(H,9,10)(H,11,12);;;;;2*1H2;;;;/q;;4*+1;;;4*-1. The third-order valence-electron chi connectivity index (χ3n) is 2.66. The van der Waals surface area contributed by atoms with Crippen LogP contribution in [-0.2, 0) is 14.4 Å². The zero-order valence-corrected chi connectivity index (χ0v) is 25.4. The number of aromatic carboxylic acids is 2. The van der Waals surface area contributed by atoms with Crippen molar-refractivity contribution in [3.8, 4) is 0 Å². The number of benzene rings is 1. The molecular formula is C14H22Na4O13. The van der Waals surface area contributed by atoms with Gasteiger partial charge in [0, 0.05) is 0 Å². The molecule has 0 amide bonds. The summed E-state index contributed by atoms with van der Waals surface area (Å²) in [6.45, 7) is 0. The van der Waals surface area contributed by atoms with Crippen molar-refractivity contribution in [1.29, 1.82) is 0 Å². The fourth-order valence-electron chi connectivity index (χ4n) is 1.47. The van der Waals surface area contributed by atoms with Gasteiger partial charge in [0.05, 0.1) is 24.0 Å². The molecule has 0 saturated heterocycles. The summed E-state index contributed by atoms with van der Waals surface area (Å²) in [6.07, 6.45) is -2.29. The Labute approximate surface area is 269 Å². The minimum atomic E-state index is -2.74. The summed E-state index contributed by atoms with van der Waals surface area (Å²) >= 11 is 0. The van der Waals surface area contributed by atoms with E-state index in [0.29, 0.717) is 0 Å². The maximum Gasteiger partial charge on any atom is 1.00 e. The fourth-order valence-corrected chi connectivity index (χ4v) is 1.47. The molecule has 0 fully saturated rings. The Kier molecular flexibility index (Phi) is 37.1. The molecule has 1 rings (SSSR count). The van der Waals surface area contributed by atoms with Crippen LogP contribution in [0.4, 0.5) is 0 Å². The van der Waals surface area contributed by atoms with Crippen molar-refractivity contribution in [3.05, 3.63) is 35.4 Å². The number of aliphatic hydroxyl groups is 1. The quantitative estimate of drug-likeness (QED) is 0.195. The molecule has 1 aromatic carbocycles. The maximum atomic E-state index is 10.3. The number of carbonyl (C=O) groups is 5. The summed E-state index contributed by atoms with van der Waals surface area (Å²) in [5.74, 6) is -7.14. The van der Waals surface area contributed by atoms with Crippen molar-refractivity contribution in [2.45, 2.75) is 18.4 Å². The second-order valence-corrected chi connectivity index (χ2v) is 4.67. The number of hydrogen-bond acceptors (Lipinski definition) is 6. The van der Waals surface area contributed by atoms with Gasteiger partial charge < -0.3 is 47.3 Å². The minimum Gasteiger partial charge on any atom is -1.00 e. The van der Waals surface area contributed by atoms with Crippen LogP contribution in [0, 0.1) is 0 Å². The molecule has 0 aromatic heterocycles. The largest absolute Gasteiger partial charge is 1.00 e. The molecule has 0 atom stereocenters. The van der Waals surface area contributed by atoms with Crippen LogP contribution in [-0.4, -0.2) is 77.0 Å². The minimum absolute atomic E-state index is 0. The molecule has 160 valence electrons. The second kappa shape index (κ2) is 23.6. The van der Waals surface area contributed by atoms with Gasteiger partial charge in [-0.05, 0) is 24.3 Å². The molecule has 0 aliphatic rings. The first-order valence-corrected chi connectivity index (χ1v) is 6.35. The van der Waals surface area contributed by atoms with Crippen LogP contribution in [0.1, 0.15) is 39.3 Å². The summed E-state index contributed by atoms with van der Waals surface area (Å²) in [7, 11) is 0. The average Bonchev–Trinajstić information content (AvgIpc) is 2.46. The average molecular weight is 490 g/mol. The molecule has 0 heterocycles. The van der Waals surface area contributed by atoms with E-state index in [-0.39, 0.29) is 146 Å². The van der Waals surface area contributed by atoms with Crippen LogP contribution in [0.2, 0.25) is 0 Å². The Hall–Kier alpha value is 0.450. The molecule has 0 aliphatic carbocycles. The summed E-state index contributed by atoms with van der Waals surface area (Å²) < 4.78 is 0. The Bertz CT molecular complexity index is 663. The maximum absolute atomic E-state index is 10.3. The third-order valence-corrected chi connectivity index (χ3v) is 2.66. The second-order valence-electron chi connectivity index (χ2n) is 4.67. The molecule has 0 saturated carbocycles. The molecule has 13 nitrogen and oxygen atoms in total. The van der Waals surface area contributed by atoms with Crippen LogP contribution >= 0.6 is 0 Å². The first kappa shape index (κ1) is 48.8. The number of rotatable bonds is 7. The van der Waals surface area contributed by atoms with Crippen molar-refractivity contribution in [3.63, 3.8) is 0 Å². The van der Waals surface area contributed by atoms with E-state index in [9.17, 15) is 24.0 Å². The van der Waals surface area contributed by atoms with E-state index in [1.165, 1.54) is 24.3 Å². The number of aliphatic carboxylic acids is 3. The topological polar surface area (TPSA) is 270 Å². The van der Waals surface area contributed by atoms with Crippen LogP contribution in [0.25, 0.3) is 0 Å². The van der Waals surface area contributed by atoms with Gasteiger partial charge in [0.25, 0.3) is 0 Å². The molecular weight excluding hydrogens is 468 g/mol. The van der Waals surface area contributed by atoms with E-state index in [0.717, 1.165) is 0 Å². The van der Waals surface area contributed by atoms with Gasteiger partial charge in [-0.1, -0.05) is 0 Å². The van der Waals surface area contributed by atoms with Gasteiger partial charge in [0.15, 0.2) is 5.60 Å². The van der Waals surface area contributed by atoms with E-state index >= 15 is 0 Å². The van der Waals surface area contributed by atoms with E-state index in [1.54, 1.807) is 0 Å². The molecule has 10 N–H and O–H groups in total. The summed E-state index contributed by atoms with van der Waals surface area (Å²) in [4.78, 5) is 51.2. The molecule has 0 radical (unpaired) electrons. The fraction of sp³-hybridized carbons (Fsp3) is 0.214. The van der Waals surface area contributed by atoms with Gasteiger partial charge in [-0.25, -0.2) is 14.4 Å². The van der Waals surface area contributed by atoms with Crippen LogP contribution < -0.4 is 118 Å². The molecule has 0 bridgehead atoms. The summed E-state index contributed by atoms with van der Waals surface area (Å²) in [5.41, 5.74) is -2.57. The number of carboxylic acid groups (broad SMARTS) is 5. The van der Waals surface area contributed by atoms with E-state index < -0.39 is 48.3 Å². The van der Waals surface area contributed by atoms with E-state index in [4.69, 9.17) is 30.6 Å². The van der Waals surface area contributed by atoms with Gasteiger partial charge in [-0.15, -0.1) is 0 Å². The summed E-state index contributed by atoms with van der Waals surface area (Å²) in [6, 6.07) is 5.02. The zero-order valence-electron chi connectivity index (χ0n) is 21.4. The molecule has 0 unspecified atom stereocenters. The van der Waals surface area contributed by atoms with Gasteiger partial charge in [-0.2, -0.15) is 0 Å².